The maximum Gasteiger partial charge on any atom is 0.307 e. The highest BCUT2D eigenvalue weighted by Crippen LogP contribution is 2.73. The van der Waals surface area contributed by atoms with E-state index in [4.69, 9.17) is 21.1 Å². The number of allylic oxidation sites excluding steroid dienone is 6. The van der Waals surface area contributed by atoms with Crippen molar-refractivity contribution in [2.75, 3.05) is 7.05 Å². The summed E-state index contributed by atoms with van der Waals surface area (Å²) in [5.41, 5.74) is 7.78. The summed E-state index contributed by atoms with van der Waals surface area (Å²) in [5, 5.41) is 20.8. The fraction of sp³-hybridized carbons (Fsp3) is 0.694. The average molecular weight is 801 g/mol. The van der Waals surface area contributed by atoms with Crippen molar-refractivity contribution in [1.82, 2.24) is 5.01 Å². The number of hydrazine groups is 1. The lowest BCUT2D eigenvalue weighted by atomic mass is 9.36. The molecule has 9 atom stereocenters. The zero-order valence-corrected chi connectivity index (χ0v) is 37.8. The first-order valence-electron chi connectivity index (χ1n) is 21.9. The minimum Gasteiger partial charge on any atom is -0.512 e. The molecule has 58 heavy (non-hydrogen) atoms. The zero-order chi connectivity index (χ0) is 43.8. The fourth-order valence-electron chi connectivity index (χ4n) is 12.9. The van der Waals surface area contributed by atoms with Gasteiger partial charge in [-0.05, 0) is 103 Å². The first-order valence-corrected chi connectivity index (χ1v) is 21.9. The van der Waals surface area contributed by atoms with Crippen LogP contribution in [-0.4, -0.2) is 41.2 Å². The molecule has 5 N–H and O–H groups in total. The second kappa shape index (κ2) is 17.5. The van der Waals surface area contributed by atoms with Gasteiger partial charge in [-0.2, -0.15) is 5.26 Å². The number of ether oxygens (including phenoxy) is 2. The fourth-order valence-corrected chi connectivity index (χ4v) is 12.9. The molecule has 0 heterocycles. The third-order valence-electron chi connectivity index (χ3n) is 15.6. The minimum atomic E-state index is -0.731. The van der Waals surface area contributed by atoms with Gasteiger partial charge < -0.3 is 20.3 Å². The van der Waals surface area contributed by atoms with Crippen molar-refractivity contribution in [1.29, 1.82) is 5.26 Å². The van der Waals surface area contributed by atoms with Gasteiger partial charge in [0.2, 0.25) is 0 Å². The van der Waals surface area contributed by atoms with E-state index in [0.29, 0.717) is 53.4 Å². The van der Waals surface area contributed by atoms with E-state index >= 15 is 0 Å². The number of aliphatic hydroxyl groups excluding tert-OH is 1. The number of nitrogens with two attached hydrogens (primary N) is 2. The Kier molecular flexibility index (Phi) is 14.2. The van der Waals surface area contributed by atoms with Crippen molar-refractivity contribution in [3.05, 3.63) is 71.9 Å². The number of nitrogens with zero attached hydrogens (tertiary/aromatic N) is 2. The van der Waals surface area contributed by atoms with Gasteiger partial charge in [-0.3, -0.25) is 15.4 Å². The lowest BCUT2D eigenvalue weighted by molar-refractivity contribution is -0.213. The van der Waals surface area contributed by atoms with Crippen LogP contribution in [0.3, 0.4) is 0 Å². The van der Waals surface area contributed by atoms with Gasteiger partial charge in [0.05, 0.1) is 23.5 Å². The van der Waals surface area contributed by atoms with Gasteiger partial charge >= 0.3 is 5.97 Å². The summed E-state index contributed by atoms with van der Waals surface area (Å²) in [4.78, 5) is 27.3. The van der Waals surface area contributed by atoms with Crippen LogP contribution in [0, 0.1) is 68.0 Å². The number of likely N-dealkylation sites (N-methyl/N-ethyl adjacent to an activating group) is 1. The first kappa shape index (κ1) is 47.1. The van der Waals surface area contributed by atoms with Gasteiger partial charge in [0.15, 0.2) is 12.0 Å². The molecule has 0 aromatic rings. The highest BCUT2D eigenvalue weighted by molar-refractivity contribution is 6.00. The normalized spacial score (nSPS) is 33.5. The topological polar surface area (TPSA) is 152 Å². The van der Waals surface area contributed by atoms with Crippen molar-refractivity contribution < 1.29 is 24.2 Å². The van der Waals surface area contributed by atoms with E-state index in [2.05, 4.69) is 61.3 Å². The number of nitriles is 1. The van der Waals surface area contributed by atoms with Crippen LogP contribution < -0.4 is 11.6 Å². The van der Waals surface area contributed by atoms with Crippen LogP contribution >= 0.6 is 0 Å². The number of rotatable bonds is 13. The van der Waals surface area contributed by atoms with Crippen LogP contribution in [0.15, 0.2) is 71.9 Å². The molecule has 0 aliphatic heterocycles. The lowest BCUT2D eigenvalue weighted by Crippen LogP contribution is -2.63. The molecule has 322 valence electrons. The Morgan fingerprint density at radius 1 is 1.02 bits per heavy atom. The molecule has 0 bridgehead atoms. The number of carbonyl (C=O) groups excluding carboxylic acids is 2. The minimum absolute atomic E-state index is 0.0000360. The lowest BCUT2D eigenvalue weighted by Gasteiger charge is -2.68. The summed E-state index contributed by atoms with van der Waals surface area (Å²) in [6.07, 6.45) is 12.9. The third-order valence-corrected chi connectivity index (χ3v) is 15.6. The van der Waals surface area contributed by atoms with Crippen LogP contribution in [0.1, 0.15) is 140 Å². The molecule has 4 fully saturated rings. The largest absolute Gasteiger partial charge is 0.512 e. The number of esters is 1. The summed E-state index contributed by atoms with van der Waals surface area (Å²) in [5.74, 6) is 8.69. The van der Waals surface area contributed by atoms with E-state index in [1.807, 2.05) is 33.8 Å². The summed E-state index contributed by atoms with van der Waals surface area (Å²) < 4.78 is 12.7. The van der Waals surface area contributed by atoms with Crippen molar-refractivity contribution in [2.24, 2.45) is 68.2 Å². The van der Waals surface area contributed by atoms with E-state index in [-0.39, 0.29) is 57.6 Å². The highest BCUT2D eigenvalue weighted by Gasteiger charge is 2.66. The Balaban J connectivity index is 0.00000366. The second-order valence-corrected chi connectivity index (χ2v) is 20.2. The molecule has 0 aromatic heterocycles. The smallest absolute Gasteiger partial charge is 0.307 e. The molecule has 0 aromatic carbocycles. The number of hydrogen-bond donors (Lipinski definition) is 3. The monoisotopic (exact) mass is 801 g/mol. The first-order chi connectivity index (χ1) is 27.0. The van der Waals surface area contributed by atoms with Gasteiger partial charge in [-0.1, -0.05) is 101 Å². The molecule has 5 aliphatic carbocycles. The van der Waals surface area contributed by atoms with E-state index in [1.54, 1.807) is 19.2 Å². The quantitative estimate of drug-likeness (QED) is 0.0314. The molecule has 5 rings (SSSR count). The number of carbonyl (C=O) groups is 2. The van der Waals surface area contributed by atoms with Crippen LogP contribution in [0.5, 0.6) is 0 Å². The van der Waals surface area contributed by atoms with Crippen LogP contribution in [0.2, 0.25) is 0 Å². The SMILES string of the molecule is C=C(CC12CCC3C(CCC4C3(C)CCC3C(C)(C)C(OC(=O)CC(C)(C)C(=C)O)CCC34C)C1=C(C(C)C)C(=O)C2)OC(C(=C)/C=C\C(C#N)=C/N)N(C)N.CC. The predicted octanol–water partition coefficient (Wildman–Crippen LogP) is 10.5. The molecule has 0 spiro atoms. The van der Waals surface area contributed by atoms with Crippen molar-refractivity contribution in [3.8, 4) is 6.07 Å². The Labute approximate surface area is 350 Å². The maximum atomic E-state index is 14.1. The molecule has 9 unspecified atom stereocenters. The maximum absolute atomic E-state index is 14.1. The Morgan fingerprint density at radius 2 is 1.66 bits per heavy atom. The van der Waals surface area contributed by atoms with E-state index in [1.165, 1.54) is 16.8 Å². The number of hydrogen-bond acceptors (Lipinski definition) is 9. The number of fused-ring (bicyclic) bond motifs is 7. The zero-order valence-electron chi connectivity index (χ0n) is 37.8. The predicted molar refractivity (Wildman–Crippen MR) is 233 cm³/mol. The van der Waals surface area contributed by atoms with Gasteiger partial charge in [0.1, 0.15) is 12.2 Å². The van der Waals surface area contributed by atoms with Gasteiger partial charge in [0, 0.05) is 47.9 Å². The summed E-state index contributed by atoms with van der Waals surface area (Å²) in [7, 11) is 1.71. The molecule has 9 nitrogen and oxygen atoms in total. The van der Waals surface area contributed by atoms with Crippen molar-refractivity contribution in [3.63, 3.8) is 0 Å². The number of aliphatic hydroxyl groups is 1. The molecule has 0 radical (unpaired) electrons. The number of ketones is 1. The van der Waals surface area contributed by atoms with Crippen LogP contribution in [0.4, 0.5) is 0 Å². The Bertz CT molecular complexity index is 1760. The highest BCUT2D eigenvalue weighted by atomic mass is 16.5. The van der Waals surface area contributed by atoms with Crippen molar-refractivity contribution >= 4 is 11.8 Å². The van der Waals surface area contributed by atoms with Gasteiger partial charge in [-0.15, -0.1) is 0 Å². The third kappa shape index (κ3) is 8.53. The summed E-state index contributed by atoms with van der Waals surface area (Å²) in [6, 6.07) is 2.03. The summed E-state index contributed by atoms with van der Waals surface area (Å²) in [6.45, 7) is 33.9. The molecule has 0 saturated heterocycles. The Morgan fingerprint density at radius 3 is 2.22 bits per heavy atom. The van der Waals surface area contributed by atoms with Gasteiger partial charge in [-0.25, -0.2) is 5.01 Å². The molecular formula is C49H76N4O5. The average Bonchev–Trinajstić information content (AvgIpc) is 3.44. The van der Waals surface area contributed by atoms with E-state index in [9.17, 15) is 20.0 Å². The molecule has 4 saturated carbocycles. The standard InChI is InChI=1S/C47H70N4O5.C2H6/c1-28(2)40-35(53)24-47(23-30(4)55-42(51(12)50)29(3)13-14-32(26-48)27-49)22-17-34-33(41(40)47)15-16-37-45(34,10)20-18-36-44(8,9)38(19-21-46(36,37)11)56-39(54)25-43(6,7)31(5)52;1-2/h13-14,26,28,33-34,36-38,42,52H,3-5,15-25,48,50H2,1-2,6-12H3;1-2H3/b14-13-,32-26+;. The molecule has 9 heteroatoms. The van der Waals surface area contributed by atoms with E-state index in [0.717, 1.165) is 56.9 Å². The Hall–Kier alpha value is -3.61. The second-order valence-electron chi connectivity index (χ2n) is 20.2. The molecular weight excluding hydrogens is 725 g/mol. The van der Waals surface area contributed by atoms with Crippen LogP contribution in [0.25, 0.3) is 0 Å². The number of Topliss-reactive ketones (excluding diaryl/α,β-unsaturated/α-hetero) is 1. The van der Waals surface area contributed by atoms with Crippen LogP contribution in [-0.2, 0) is 19.1 Å². The van der Waals surface area contributed by atoms with Crippen molar-refractivity contribution in [2.45, 2.75) is 152 Å². The summed E-state index contributed by atoms with van der Waals surface area (Å²) >= 11 is 0. The van der Waals surface area contributed by atoms with E-state index < -0.39 is 11.6 Å². The molecule has 5 aliphatic rings. The van der Waals surface area contributed by atoms with Gasteiger partial charge in [0.25, 0.3) is 0 Å². The molecule has 0 amide bonds.